The van der Waals surface area contributed by atoms with E-state index in [2.05, 4.69) is 15.9 Å². The number of carbonyl (C=O) groups excluding carboxylic acids is 1. The number of fused-ring (bicyclic) bond motifs is 1. The van der Waals surface area contributed by atoms with E-state index in [0.717, 1.165) is 15.4 Å². The maximum atomic E-state index is 12.8. The van der Waals surface area contributed by atoms with Crippen LogP contribution in [0.3, 0.4) is 0 Å². The summed E-state index contributed by atoms with van der Waals surface area (Å²) in [5.74, 6) is -0.255. The highest BCUT2D eigenvalue weighted by Crippen LogP contribution is 2.23. The van der Waals surface area contributed by atoms with Gasteiger partial charge in [-0.3, -0.25) is 4.79 Å². The number of halogens is 2. The molecule has 0 atom stereocenters. The molecule has 2 aromatic carbocycles. The molecule has 2 nitrogen and oxygen atoms in total. The third kappa shape index (κ3) is 3.11. The third-order valence-electron chi connectivity index (χ3n) is 3.02. The molecule has 21 heavy (non-hydrogen) atoms. The lowest BCUT2D eigenvalue weighted by Crippen LogP contribution is -1.90. The number of carbonyl (C=O) groups is 1. The van der Waals surface area contributed by atoms with Gasteiger partial charge < -0.3 is 4.42 Å². The minimum Gasteiger partial charge on any atom is -0.453 e. The lowest BCUT2D eigenvalue weighted by molar-refractivity contribution is 0.102. The van der Waals surface area contributed by atoms with Crippen molar-refractivity contribution in [2.45, 2.75) is 0 Å². The predicted octanol–water partition coefficient (Wildman–Crippen LogP) is 5.23. The van der Waals surface area contributed by atoms with Crippen molar-refractivity contribution < 1.29 is 13.6 Å². The Balaban J connectivity index is 1.84. The molecule has 1 aromatic heterocycles. The molecule has 0 amide bonds. The molecular formula is C17H10BrFO2. The zero-order valence-corrected chi connectivity index (χ0v) is 12.4. The highest BCUT2D eigenvalue weighted by atomic mass is 79.9. The van der Waals surface area contributed by atoms with E-state index in [-0.39, 0.29) is 17.4 Å². The third-order valence-corrected chi connectivity index (χ3v) is 3.51. The van der Waals surface area contributed by atoms with Crippen LogP contribution < -0.4 is 0 Å². The van der Waals surface area contributed by atoms with Gasteiger partial charge in [-0.25, -0.2) is 4.39 Å². The molecule has 0 bridgehead atoms. The van der Waals surface area contributed by atoms with Crippen molar-refractivity contribution in [2.24, 2.45) is 0 Å². The van der Waals surface area contributed by atoms with Gasteiger partial charge in [-0.1, -0.05) is 34.1 Å². The fourth-order valence-corrected chi connectivity index (χ4v) is 2.34. The largest absolute Gasteiger partial charge is 0.453 e. The summed E-state index contributed by atoms with van der Waals surface area (Å²) in [6, 6.07) is 13.2. The van der Waals surface area contributed by atoms with Crippen LogP contribution >= 0.6 is 15.9 Å². The number of allylic oxidation sites excluding steroid dienone is 1. The van der Waals surface area contributed by atoms with E-state index >= 15 is 0 Å². The smallest absolute Gasteiger partial charge is 0.221 e. The van der Waals surface area contributed by atoms with Crippen LogP contribution in [0, 0.1) is 5.82 Å². The first-order chi connectivity index (χ1) is 10.1. The minimum absolute atomic E-state index is 0.230. The summed E-state index contributed by atoms with van der Waals surface area (Å²) in [5.41, 5.74) is 1.42. The Bertz CT molecular complexity index is 832. The molecule has 0 unspecified atom stereocenters. The van der Waals surface area contributed by atoms with Crippen LogP contribution in [0.2, 0.25) is 0 Å². The number of hydrogen-bond acceptors (Lipinski definition) is 2. The SMILES string of the molecule is O=C(/C=C/c1ccc(F)cc1)c1cc2cc(Br)ccc2o1. The second-order valence-corrected chi connectivity index (χ2v) is 5.46. The molecule has 0 N–H and O–H groups in total. The van der Waals surface area contributed by atoms with E-state index in [1.807, 2.05) is 12.1 Å². The molecule has 0 saturated heterocycles. The van der Waals surface area contributed by atoms with Crippen LogP contribution in [0.5, 0.6) is 0 Å². The lowest BCUT2D eigenvalue weighted by Gasteiger charge is -1.92. The number of benzene rings is 2. The summed E-state index contributed by atoms with van der Waals surface area (Å²) in [7, 11) is 0. The monoisotopic (exact) mass is 344 g/mol. The summed E-state index contributed by atoms with van der Waals surface area (Å²) in [4.78, 5) is 12.1. The number of furan rings is 1. The van der Waals surface area contributed by atoms with Crippen molar-refractivity contribution in [1.82, 2.24) is 0 Å². The van der Waals surface area contributed by atoms with Gasteiger partial charge in [0.25, 0.3) is 0 Å². The molecule has 4 heteroatoms. The average molecular weight is 345 g/mol. The van der Waals surface area contributed by atoms with Crippen LogP contribution in [-0.2, 0) is 0 Å². The minimum atomic E-state index is -0.304. The Kier molecular flexibility index (Phi) is 3.71. The Morgan fingerprint density at radius 1 is 1.10 bits per heavy atom. The van der Waals surface area contributed by atoms with Crippen molar-refractivity contribution in [3.63, 3.8) is 0 Å². The summed E-state index contributed by atoms with van der Waals surface area (Å²) >= 11 is 3.37. The first-order valence-electron chi connectivity index (χ1n) is 6.29. The molecule has 104 valence electrons. The van der Waals surface area contributed by atoms with Gasteiger partial charge in [0.15, 0.2) is 5.76 Å². The van der Waals surface area contributed by atoms with E-state index in [9.17, 15) is 9.18 Å². The second kappa shape index (κ2) is 5.66. The maximum Gasteiger partial charge on any atom is 0.221 e. The zero-order chi connectivity index (χ0) is 14.8. The summed E-state index contributed by atoms with van der Waals surface area (Å²) in [6.07, 6.45) is 3.05. The van der Waals surface area contributed by atoms with Crippen LogP contribution in [0.15, 0.2) is 63.5 Å². The molecule has 1 heterocycles. The van der Waals surface area contributed by atoms with Gasteiger partial charge in [0.1, 0.15) is 11.4 Å². The fraction of sp³-hybridized carbons (Fsp3) is 0. The van der Waals surface area contributed by atoms with Crippen molar-refractivity contribution >= 4 is 38.8 Å². The second-order valence-electron chi connectivity index (χ2n) is 4.54. The van der Waals surface area contributed by atoms with Gasteiger partial charge in [-0.15, -0.1) is 0 Å². The van der Waals surface area contributed by atoms with E-state index in [4.69, 9.17) is 4.42 Å². The van der Waals surface area contributed by atoms with Gasteiger partial charge >= 0.3 is 0 Å². The molecule has 0 aliphatic carbocycles. The van der Waals surface area contributed by atoms with E-state index in [0.29, 0.717) is 5.58 Å². The maximum absolute atomic E-state index is 12.8. The molecule has 0 aliphatic rings. The van der Waals surface area contributed by atoms with E-state index in [1.54, 1.807) is 30.3 Å². The van der Waals surface area contributed by atoms with Crippen molar-refractivity contribution in [3.05, 3.63) is 76.2 Å². The Morgan fingerprint density at radius 2 is 1.86 bits per heavy atom. The van der Waals surface area contributed by atoms with Crippen LogP contribution in [0.25, 0.3) is 17.0 Å². The number of hydrogen-bond donors (Lipinski definition) is 0. The van der Waals surface area contributed by atoms with Crippen molar-refractivity contribution in [3.8, 4) is 0 Å². The highest BCUT2D eigenvalue weighted by Gasteiger charge is 2.09. The number of ketones is 1. The van der Waals surface area contributed by atoms with Crippen molar-refractivity contribution in [2.75, 3.05) is 0 Å². The zero-order valence-electron chi connectivity index (χ0n) is 10.8. The van der Waals surface area contributed by atoms with Crippen LogP contribution in [-0.4, -0.2) is 5.78 Å². The molecular weight excluding hydrogens is 335 g/mol. The molecule has 0 spiro atoms. The standard InChI is InChI=1S/C17H10BrFO2/c18-13-4-8-16-12(9-13)10-17(21-16)15(20)7-3-11-1-5-14(19)6-2-11/h1-10H/b7-3+. The molecule has 0 aliphatic heterocycles. The molecule has 3 rings (SSSR count). The topological polar surface area (TPSA) is 30.2 Å². The average Bonchev–Trinajstić information content (AvgIpc) is 2.89. The highest BCUT2D eigenvalue weighted by molar-refractivity contribution is 9.10. The van der Waals surface area contributed by atoms with Gasteiger partial charge in [0.05, 0.1) is 0 Å². The summed E-state index contributed by atoms with van der Waals surface area (Å²) in [5, 5.41) is 0.864. The summed E-state index contributed by atoms with van der Waals surface area (Å²) < 4.78 is 19.2. The predicted molar refractivity (Wildman–Crippen MR) is 83.7 cm³/mol. The Morgan fingerprint density at radius 3 is 2.62 bits per heavy atom. The van der Waals surface area contributed by atoms with Gasteiger partial charge in [-0.2, -0.15) is 0 Å². The Labute approximate surface area is 129 Å². The van der Waals surface area contributed by atoms with Gasteiger partial charge in [0.2, 0.25) is 5.78 Å². The van der Waals surface area contributed by atoms with E-state index < -0.39 is 0 Å². The Hall–Kier alpha value is -2.20. The fourth-order valence-electron chi connectivity index (χ4n) is 1.96. The first-order valence-corrected chi connectivity index (χ1v) is 7.08. The van der Waals surface area contributed by atoms with Gasteiger partial charge in [0, 0.05) is 9.86 Å². The van der Waals surface area contributed by atoms with Crippen LogP contribution in [0.1, 0.15) is 16.1 Å². The molecule has 0 fully saturated rings. The molecule has 0 radical (unpaired) electrons. The van der Waals surface area contributed by atoms with Gasteiger partial charge in [-0.05, 0) is 48.0 Å². The normalized spacial score (nSPS) is 11.3. The summed E-state index contributed by atoms with van der Waals surface area (Å²) in [6.45, 7) is 0. The number of rotatable bonds is 3. The first kappa shape index (κ1) is 13.8. The molecule has 0 saturated carbocycles. The lowest BCUT2D eigenvalue weighted by atomic mass is 10.1. The quantitative estimate of drug-likeness (QED) is 0.481. The van der Waals surface area contributed by atoms with Crippen molar-refractivity contribution in [1.29, 1.82) is 0 Å². The van der Waals surface area contributed by atoms with E-state index in [1.165, 1.54) is 18.2 Å². The van der Waals surface area contributed by atoms with Crippen LogP contribution in [0.4, 0.5) is 4.39 Å². The molecule has 3 aromatic rings.